The van der Waals surface area contributed by atoms with Gasteiger partial charge in [0.05, 0.1) is 17.2 Å². The monoisotopic (exact) mass is 196 g/mol. The summed E-state index contributed by atoms with van der Waals surface area (Å²) < 4.78 is 0. The van der Waals surface area contributed by atoms with Gasteiger partial charge in [-0.15, -0.1) is 0 Å². The highest BCUT2D eigenvalue weighted by Gasteiger charge is 2.23. The highest BCUT2D eigenvalue weighted by molar-refractivity contribution is 5.85. The van der Waals surface area contributed by atoms with E-state index in [0.29, 0.717) is 0 Å². The Morgan fingerprint density at radius 1 is 1.20 bits per heavy atom. The van der Waals surface area contributed by atoms with E-state index in [0.717, 1.165) is 16.5 Å². The third-order valence-electron chi connectivity index (χ3n) is 2.55. The van der Waals surface area contributed by atoms with Crippen molar-refractivity contribution in [3.63, 3.8) is 0 Å². The van der Waals surface area contributed by atoms with Gasteiger partial charge in [0.2, 0.25) is 0 Å². The number of aromatic nitrogens is 1. The number of hydrogen-bond acceptors (Lipinski definition) is 2. The van der Waals surface area contributed by atoms with Crippen LogP contribution >= 0.6 is 0 Å². The predicted molar refractivity (Wildman–Crippen MR) is 60.4 cm³/mol. The topological polar surface area (TPSA) is 36.7 Å². The van der Waals surface area contributed by atoms with Gasteiger partial charge >= 0.3 is 0 Å². The van der Waals surface area contributed by atoms with Gasteiger partial charge in [-0.2, -0.15) is 5.26 Å². The molecule has 0 unspecified atom stereocenters. The van der Waals surface area contributed by atoms with E-state index >= 15 is 0 Å². The third kappa shape index (κ3) is 1.57. The van der Waals surface area contributed by atoms with E-state index in [4.69, 9.17) is 5.26 Å². The Morgan fingerprint density at radius 2 is 1.93 bits per heavy atom. The highest BCUT2D eigenvalue weighted by Crippen LogP contribution is 2.27. The summed E-state index contributed by atoms with van der Waals surface area (Å²) in [6.07, 6.45) is 1.76. The standard InChI is InChI=1S/C13H12N2/c1-13(2,9-14)12-11-6-4-3-5-10(11)7-8-15-12/h3-8H,1-2H3. The number of hydrogen-bond donors (Lipinski definition) is 0. The van der Waals surface area contributed by atoms with Crippen molar-refractivity contribution < 1.29 is 0 Å². The van der Waals surface area contributed by atoms with Crippen molar-refractivity contribution in [3.05, 3.63) is 42.2 Å². The smallest absolute Gasteiger partial charge is 0.0943 e. The molecule has 2 aromatic rings. The zero-order valence-corrected chi connectivity index (χ0v) is 8.86. The van der Waals surface area contributed by atoms with Gasteiger partial charge in [0.1, 0.15) is 0 Å². The number of fused-ring (bicyclic) bond motifs is 1. The molecule has 0 spiro atoms. The zero-order chi connectivity index (χ0) is 10.9. The van der Waals surface area contributed by atoms with E-state index in [1.165, 1.54) is 0 Å². The Labute approximate surface area is 89.2 Å². The van der Waals surface area contributed by atoms with Gasteiger partial charge < -0.3 is 0 Å². The molecule has 0 amide bonds. The van der Waals surface area contributed by atoms with Crippen LogP contribution in [0.25, 0.3) is 10.8 Å². The SMILES string of the molecule is CC(C)(C#N)c1nccc2ccccc12. The van der Waals surface area contributed by atoms with E-state index in [1.807, 2.05) is 44.2 Å². The molecule has 1 heterocycles. The van der Waals surface area contributed by atoms with Crippen LogP contribution in [0, 0.1) is 11.3 Å². The molecule has 0 aliphatic carbocycles. The number of rotatable bonds is 1. The van der Waals surface area contributed by atoms with E-state index in [-0.39, 0.29) is 0 Å². The molecule has 2 rings (SSSR count). The molecule has 0 atom stereocenters. The zero-order valence-electron chi connectivity index (χ0n) is 8.86. The second kappa shape index (κ2) is 3.36. The van der Waals surface area contributed by atoms with Crippen LogP contribution in [-0.2, 0) is 5.41 Å². The van der Waals surface area contributed by atoms with Gasteiger partial charge in [0.15, 0.2) is 0 Å². The molecule has 0 aliphatic rings. The van der Waals surface area contributed by atoms with Crippen molar-refractivity contribution in [2.75, 3.05) is 0 Å². The normalized spacial score (nSPS) is 11.3. The molecule has 2 heteroatoms. The average molecular weight is 196 g/mol. The van der Waals surface area contributed by atoms with Crippen LogP contribution in [0.2, 0.25) is 0 Å². The Bertz CT molecular complexity index is 530. The molecular formula is C13H12N2. The molecule has 0 N–H and O–H groups in total. The van der Waals surface area contributed by atoms with Crippen molar-refractivity contribution in [2.45, 2.75) is 19.3 Å². The third-order valence-corrected chi connectivity index (χ3v) is 2.55. The molecule has 15 heavy (non-hydrogen) atoms. The molecule has 0 fully saturated rings. The lowest BCUT2D eigenvalue weighted by Gasteiger charge is -2.16. The van der Waals surface area contributed by atoms with E-state index in [2.05, 4.69) is 11.1 Å². The van der Waals surface area contributed by atoms with Gasteiger partial charge in [-0.25, -0.2) is 0 Å². The summed E-state index contributed by atoms with van der Waals surface area (Å²) in [5, 5.41) is 11.3. The Morgan fingerprint density at radius 3 is 2.67 bits per heavy atom. The van der Waals surface area contributed by atoms with Crippen LogP contribution in [0.4, 0.5) is 0 Å². The first kappa shape index (κ1) is 9.67. The number of nitrogens with zero attached hydrogens (tertiary/aromatic N) is 2. The van der Waals surface area contributed by atoms with E-state index in [9.17, 15) is 0 Å². The summed E-state index contributed by atoms with van der Waals surface area (Å²) in [5.41, 5.74) is 0.309. The highest BCUT2D eigenvalue weighted by atomic mass is 14.7. The van der Waals surface area contributed by atoms with Gasteiger partial charge in [-0.3, -0.25) is 4.98 Å². The summed E-state index contributed by atoms with van der Waals surface area (Å²) in [7, 11) is 0. The molecule has 0 saturated heterocycles. The second-order valence-corrected chi connectivity index (χ2v) is 4.12. The average Bonchev–Trinajstić information content (AvgIpc) is 2.28. The lowest BCUT2D eigenvalue weighted by molar-refractivity contribution is 0.667. The fourth-order valence-corrected chi connectivity index (χ4v) is 1.67. The minimum absolute atomic E-state index is 0.541. The van der Waals surface area contributed by atoms with Crippen LogP contribution < -0.4 is 0 Å². The maximum absolute atomic E-state index is 9.12. The molecule has 0 aliphatic heterocycles. The lowest BCUT2D eigenvalue weighted by Crippen LogP contribution is -2.16. The first-order valence-corrected chi connectivity index (χ1v) is 4.90. The van der Waals surface area contributed by atoms with Crippen LogP contribution in [0.5, 0.6) is 0 Å². The van der Waals surface area contributed by atoms with E-state index in [1.54, 1.807) is 6.20 Å². The molecule has 1 aromatic heterocycles. The summed E-state index contributed by atoms with van der Waals surface area (Å²) in [6.45, 7) is 3.78. The molecule has 0 radical (unpaired) electrons. The fraction of sp³-hybridized carbons (Fsp3) is 0.231. The fourth-order valence-electron chi connectivity index (χ4n) is 1.67. The molecule has 0 saturated carbocycles. The maximum atomic E-state index is 9.12. The lowest BCUT2D eigenvalue weighted by atomic mass is 9.88. The van der Waals surface area contributed by atoms with Crippen molar-refractivity contribution in [1.29, 1.82) is 5.26 Å². The first-order valence-electron chi connectivity index (χ1n) is 4.90. The summed E-state index contributed by atoms with van der Waals surface area (Å²) in [5.74, 6) is 0. The van der Waals surface area contributed by atoms with Crippen molar-refractivity contribution in [3.8, 4) is 6.07 Å². The van der Waals surface area contributed by atoms with Gasteiger partial charge in [-0.05, 0) is 25.3 Å². The van der Waals surface area contributed by atoms with Crippen molar-refractivity contribution in [1.82, 2.24) is 4.98 Å². The molecule has 0 bridgehead atoms. The second-order valence-electron chi connectivity index (χ2n) is 4.12. The van der Waals surface area contributed by atoms with Gasteiger partial charge in [-0.1, -0.05) is 24.3 Å². The largest absolute Gasteiger partial charge is 0.259 e. The number of nitriles is 1. The summed E-state index contributed by atoms with van der Waals surface area (Å²) >= 11 is 0. The Hall–Kier alpha value is -1.88. The van der Waals surface area contributed by atoms with E-state index < -0.39 is 5.41 Å². The molecule has 2 nitrogen and oxygen atoms in total. The Balaban J connectivity index is 2.78. The Kier molecular flexibility index (Phi) is 2.17. The number of pyridine rings is 1. The minimum Gasteiger partial charge on any atom is -0.259 e. The van der Waals surface area contributed by atoms with Crippen LogP contribution in [-0.4, -0.2) is 4.98 Å². The molecule has 1 aromatic carbocycles. The molecular weight excluding hydrogens is 184 g/mol. The first-order chi connectivity index (χ1) is 7.15. The quantitative estimate of drug-likeness (QED) is 0.702. The van der Waals surface area contributed by atoms with Gasteiger partial charge in [0, 0.05) is 11.6 Å². The minimum atomic E-state index is -0.541. The van der Waals surface area contributed by atoms with Crippen molar-refractivity contribution in [2.24, 2.45) is 0 Å². The number of benzene rings is 1. The summed E-state index contributed by atoms with van der Waals surface area (Å²) in [4.78, 5) is 4.33. The predicted octanol–water partition coefficient (Wildman–Crippen LogP) is 3.04. The molecule has 74 valence electrons. The van der Waals surface area contributed by atoms with Crippen LogP contribution in [0.15, 0.2) is 36.5 Å². The van der Waals surface area contributed by atoms with Crippen molar-refractivity contribution >= 4 is 10.8 Å². The summed E-state index contributed by atoms with van der Waals surface area (Å²) in [6, 6.07) is 12.3. The van der Waals surface area contributed by atoms with Gasteiger partial charge in [0.25, 0.3) is 0 Å². The van der Waals surface area contributed by atoms with Crippen LogP contribution in [0.3, 0.4) is 0 Å². The van der Waals surface area contributed by atoms with Crippen LogP contribution in [0.1, 0.15) is 19.5 Å². The maximum Gasteiger partial charge on any atom is 0.0943 e.